The number of piperidine rings is 1. The zero-order chi connectivity index (χ0) is 8.39. The number of hydrogen-bond acceptors (Lipinski definition) is 2. The minimum Gasteiger partial charge on any atom is -0.314 e. The van der Waals surface area contributed by atoms with Crippen LogP contribution in [0.3, 0.4) is 0 Å². The minimum absolute atomic E-state index is 0.809. The van der Waals surface area contributed by atoms with Crippen LogP contribution in [-0.2, 0) is 0 Å². The van der Waals surface area contributed by atoms with E-state index < -0.39 is 0 Å². The van der Waals surface area contributed by atoms with Gasteiger partial charge in [0.25, 0.3) is 0 Å². The summed E-state index contributed by atoms with van der Waals surface area (Å²) in [4.78, 5) is 0. The second-order valence-electron chi connectivity index (χ2n) is 4.26. The highest BCUT2D eigenvalue weighted by atomic mass is 15.0. The maximum absolute atomic E-state index is 3.66. The van der Waals surface area contributed by atoms with Gasteiger partial charge in [0.1, 0.15) is 0 Å². The van der Waals surface area contributed by atoms with Gasteiger partial charge in [-0.15, -0.1) is 0 Å². The van der Waals surface area contributed by atoms with Crippen LogP contribution in [-0.4, -0.2) is 24.7 Å². The van der Waals surface area contributed by atoms with Crippen LogP contribution in [0.25, 0.3) is 0 Å². The Hall–Kier alpha value is -0.0800. The standard InChI is InChI=1S/C10H20N2/c1-2-5-11-10-6-8-3-4-9(7-10)12-8/h8-12H,2-7H2,1H3. The molecule has 0 amide bonds. The van der Waals surface area contributed by atoms with Gasteiger partial charge in [-0.3, -0.25) is 0 Å². The van der Waals surface area contributed by atoms with Gasteiger partial charge in [-0.25, -0.2) is 0 Å². The second-order valence-corrected chi connectivity index (χ2v) is 4.26. The molecule has 2 heteroatoms. The van der Waals surface area contributed by atoms with E-state index in [1.54, 1.807) is 0 Å². The Balaban J connectivity index is 1.78. The van der Waals surface area contributed by atoms with Gasteiger partial charge < -0.3 is 10.6 Å². The van der Waals surface area contributed by atoms with Crippen molar-refractivity contribution in [1.29, 1.82) is 0 Å². The van der Waals surface area contributed by atoms with Crippen molar-refractivity contribution in [3.8, 4) is 0 Å². The highest BCUT2D eigenvalue weighted by Gasteiger charge is 2.32. The molecule has 12 heavy (non-hydrogen) atoms. The summed E-state index contributed by atoms with van der Waals surface area (Å²) in [5.41, 5.74) is 0. The monoisotopic (exact) mass is 168 g/mol. The van der Waals surface area contributed by atoms with Gasteiger partial charge in [0, 0.05) is 18.1 Å². The van der Waals surface area contributed by atoms with Crippen molar-refractivity contribution < 1.29 is 0 Å². The number of fused-ring (bicyclic) bond motifs is 2. The van der Waals surface area contributed by atoms with Crippen molar-refractivity contribution in [3.05, 3.63) is 0 Å². The van der Waals surface area contributed by atoms with E-state index in [1.807, 2.05) is 0 Å². The lowest BCUT2D eigenvalue weighted by atomic mass is 10.00. The van der Waals surface area contributed by atoms with Crippen LogP contribution in [0.4, 0.5) is 0 Å². The van der Waals surface area contributed by atoms with Gasteiger partial charge in [0.05, 0.1) is 0 Å². The molecule has 2 N–H and O–H groups in total. The van der Waals surface area contributed by atoms with Crippen molar-refractivity contribution in [2.75, 3.05) is 6.54 Å². The van der Waals surface area contributed by atoms with Crippen molar-refractivity contribution in [1.82, 2.24) is 10.6 Å². The van der Waals surface area contributed by atoms with E-state index in [0.29, 0.717) is 0 Å². The summed E-state index contributed by atoms with van der Waals surface area (Å²) in [7, 11) is 0. The Morgan fingerprint density at radius 2 is 1.92 bits per heavy atom. The summed E-state index contributed by atoms with van der Waals surface area (Å²) in [6.07, 6.45) is 6.80. The topological polar surface area (TPSA) is 24.1 Å². The Morgan fingerprint density at radius 3 is 2.50 bits per heavy atom. The lowest BCUT2D eigenvalue weighted by Crippen LogP contribution is -2.46. The van der Waals surface area contributed by atoms with Crippen LogP contribution >= 0.6 is 0 Å². The molecule has 2 saturated heterocycles. The molecule has 2 aliphatic rings. The highest BCUT2D eigenvalue weighted by molar-refractivity contribution is 4.94. The molecule has 2 heterocycles. The van der Waals surface area contributed by atoms with Crippen LogP contribution in [0, 0.1) is 0 Å². The fraction of sp³-hybridized carbons (Fsp3) is 1.00. The molecule has 0 spiro atoms. The third-order valence-corrected chi connectivity index (χ3v) is 3.16. The van der Waals surface area contributed by atoms with Crippen molar-refractivity contribution >= 4 is 0 Å². The third kappa shape index (κ3) is 1.80. The van der Waals surface area contributed by atoms with Gasteiger partial charge in [0.15, 0.2) is 0 Å². The van der Waals surface area contributed by atoms with Crippen LogP contribution in [0.5, 0.6) is 0 Å². The molecule has 2 rings (SSSR count). The molecule has 0 saturated carbocycles. The van der Waals surface area contributed by atoms with Crippen molar-refractivity contribution in [2.45, 2.75) is 57.2 Å². The predicted octanol–water partition coefficient (Wildman–Crippen LogP) is 1.27. The van der Waals surface area contributed by atoms with Crippen LogP contribution in [0.2, 0.25) is 0 Å². The second kappa shape index (κ2) is 3.75. The molecule has 0 aromatic carbocycles. The molecule has 2 nitrogen and oxygen atoms in total. The summed E-state index contributed by atoms with van der Waals surface area (Å²) < 4.78 is 0. The smallest absolute Gasteiger partial charge is 0.00966 e. The third-order valence-electron chi connectivity index (χ3n) is 3.16. The molecule has 0 aliphatic carbocycles. The molecular formula is C10H20N2. The molecule has 0 aromatic heterocycles. The van der Waals surface area contributed by atoms with Crippen LogP contribution in [0.1, 0.15) is 39.0 Å². The molecule has 0 radical (unpaired) electrons. The first-order valence-corrected chi connectivity index (χ1v) is 5.38. The zero-order valence-corrected chi connectivity index (χ0v) is 7.97. The number of rotatable bonds is 3. The first-order valence-electron chi connectivity index (χ1n) is 5.38. The zero-order valence-electron chi connectivity index (χ0n) is 7.97. The van der Waals surface area contributed by atoms with E-state index in [9.17, 15) is 0 Å². The maximum atomic E-state index is 3.66. The van der Waals surface area contributed by atoms with Gasteiger partial charge in [0.2, 0.25) is 0 Å². The van der Waals surface area contributed by atoms with Gasteiger partial charge >= 0.3 is 0 Å². The summed E-state index contributed by atoms with van der Waals surface area (Å²) in [5.74, 6) is 0. The Kier molecular flexibility index (Phi) is 2.66. The van der Waals surface area contributed by atoms with Gasteiger partial charge in [-0.05, 0) is 38.6 Å². The highest BCUT2D eigenvalue weighted by Crippen LogP contribution is 2.26. The predicted molar refractivity (Wildman–Crippen MR) is 51.3 cm³/mol. The molecule has 2 fully saturated rings. The van der Waals surface area contributed by atoms with Crippen molar-refractivity contribution in [2.24, 2.45) is 0 Å². The molecule has 2 aliphatic heterocycles. The average molecular weight is 168 g/mol. The van der Waals surface area contributed by atoms with E-state index in [4.69, 9.17) is 0 Å². The Bertz CT molecular complexity index is 135. The van der Waals surface area contributed by atoms with Gasteiger partial charge in [-0.1, -0.05) is 6.92 Å². The van der Waals surface area contributed by atoms with Gasteiger partial charge in [-0.2, -0.15) is 0 Å². The van der Waals surface area contributed by atoms with E-state index >= 15 is 0 Å². The molecule has 70 valence electrons. The molecule has 2 unspecified atom stereocenters. The molecular weight excluding hydrogens is 148 g/mol. The summed E-state index contributed by atoms with van der Waals surface area (Å²) in [6, 6.07) is 2.47. The van der Waals surface area contributed by atoms with E-state index in [0.717, 1.165) is 18.1 Å². The lowest BCUT2D eigenvalue weighted by molar-refractivity contribution is 0.318. The summed E-state index contributed by atoms with van der Waals surface area (Å²) >= 11 is 0. The average Bonchev–Trinajstić information content (AvgIpc) is 2.42. The first-order chi connectivity index (χ1) is 5.88. The number of nitrogens with one attached hydrogen (secondary N) is 2. The SMILES string of the molecule is CCCNC1CC2CCC(C1)N2. The van der Waals surface area contributed by atoms with E-state index in [1.165, 1.54) is 38.6 Å². The summed E-state index contributed by atoms with van der Waals surface area (Å²) in [5, 5.41) is 7.29. The Morgan fingerprint density at radius 1 is 1.25 bits per heavy atom. The number of hydrogen-bond donors (Lipinski definition) is 2. The van der Waals surface area contributed by atoms with E-state index in [-0.39, 0.29) is 0 Å². The molecule has 2 atom stereocenters. The fourth-order valence-electron chi connectivity index (χ4n) is 2.57. The summed E-state index contributed by atoms with van der Waals surface area (Å²) in [6.45, 7) is 3.44. The fourth-order valence-corrected chi connectivity index (χ4v) is 2.57. The van der Waals surface area contributed by atoms with E-state index in [2.05, 4.69) is 17.6 Å². The van der Waals surface area contributed by atoms with Crippen LogP contribution in [0.15, 0.2) is 0 Å². The maximum Gasteiger partial charge on any atom is 0.00966 e. The normalized spacial score (nSPS) is 40.2. The molecule has 0 aromatic rings. The lowest BCUT2D eigenvalue weighted by Gasteiger charge is -2.29. The van der Waals surface area contributed by atoms with Crippen LogP contribution < -0.4 is 10.6 Å². The first kappa shape index (κ1) is 8.52. The Labute approximate surface area is 75.1 Å². The quantitative estimate of drug-likeness (QED) is 0.663. The van der Waals surface area contributed by atoms with Crippen molar-refractivity contribution in [3.63, 3.8) is 0 Å². The molecule has 2 bridgehead atoms. The minimum atomic E-state index is 0.809. The largest absolute Gasteiger partial charge is 0.314 e.